The Kier molecular flexibility index (Phi) is 7.83. The SMILES string of the molecule is CCOC(=O)C(C(=O)OCC)[C@H]1C(c2ccc(Cl)cc2)=NN(c2ccccc2)[C@@H]1c1ccccc1. The van der Waals surface area contributed by atoms with Gasteiger partial charge >= 0.3 is 11.9 Å². The molecule has 0 spiro atoms. The number of carbonyl (C=O) groups excluding carboxylic acids is 2. The minimum absolute atomic E-state index is 0.146. The first-order valence-electron chi connectivity index (χ1n) is 11.6. The Bertz CT molecular complexity index is 1160. The van der Waals surface area contributed by atoms with Crippen molar-refractivity contribution in [2.24, 2.45) is 16.9 Å². The molecule has 1 aliphatic rings. The summed E-state index contributed by atoms with van der Waals surface area (Å²) in [6, 6.07) is 26.2. The second kappa shape index (κ2) is 11.2. The molecule has 0 saturated heterocycles. The number of hydrogen-bond acceptors (Lipinski definition) is 6. The van der Waals surface area contributed by atoms with Crippen molar-refractivity contribution in [2.45, 2.75) is 19.9 Å². The number of benzene rings is 3. The van der Waals surface area contributed by atoms with Crippen molar-refractivity contribution in [2.75, 3.05) is 18.2 Å². The molecule has 2 atom stereocenters. The topological polar surface area (TPSA) is 68.2 Å². The maximum absolute atomic E-state index is 13.3. The van der Waals surface area contributed by atoms with Crippen LogP contribution in [0.5, 0.6) is 0 Å². The van der Waals surface area contributed by atoms with Crippen molar-refractivity contribution < 1.29 is 19.1 Å². The van der Waals surface area contributed by atoms with Crippen LogP contribution in [0.4, 0.5) is 5.69 Å². The van der Waals surface area contributed by atoms with Crippen molar-refractivity contribution in [1.82, 2.24) is 0 Å². The molecule has 0 radical (unpaired) electrons. The fourth-order valence-corrected chi connectivity index (χ4v) is 4.53. The van der Waals surface area contributed by atoms with Crippen LogP contribution in [0.2, 0.25) is 5.02 Å². The lowest BCUT2D eigenvalue weighted by molar-refractivity contribution is -0.163. The highest BCUT2D eigenvalue weighted by Crippen LogP contribution is 2.45. The smallest absolute Gasteiger partial charge is 0.321 e. The predicted octanol–water partition coefficient (Wildman–Crippen LogP) is 5.66. The van der Waals surface area contributed by atoms with Gasteiger partial charge in [-0.3, -0.25) is 14.6 Å². The number of halogens is 1. The fraction of sp³-hybridized carbons (Fsp3) is 0.250. The fourth-order valence-electron chi connectivity index (χ4n) is 4.41. The largest absolute Gasteiger partial charge is 0.465 e. The van der Waals surface area contributed by atoms with Crippen molar-refractivity contribution in [3.8, 4) is 0 Å². The van der Waals surface area contributed by atoms with Crippen LogP contribution in [-0.2, 0) is 19.1 Å². The van der Waals surface area contributed by atoms with Crippen molar-refractivity contribution in [3.05, 3.63) is 101 Å². The molecule has 3 aromatic rings. The molecular formula is C28H27ClN2O4. The van der Waals surface area contributed by atoms with Crippen LogP contribution < -0.4 is 5.01 Å². The Hall–Kier alpha value is -3.64. The zero-order valence-electron chi connectivity index (χ0n) is 19.6. The van der Waals surface area contributed by atoms with E-state index >= 15 is 0 Å². The normalized spacial score (nSPS) is 17.3. The van der Waals surface area contributed by atoms with Crippen molar-refractivity contribution in [1.29, 1.82) is 0 Å². The van der Waals surface area contributed by atoms with Gasteiger partial charge in [-0.25, -0.2) is 0 Å². The highest BCUT2D eigenvalue weighted by atomic mass is 35.5. The molecule has 4 rings (SSSR count). The van der Waals surface area contributed by atoms with Crippen LogP contribution in [-0.4, -0.2) is 30.9 Å². The Balaban J connectivity index is 1.94. The number of para-hydroxylation sites is 1. The molecule has 180 valence electrons. The molecule has 0 amide bonds. The van der Waals surface area contributed by atoms with E-state index in [1.165, 1.54) is 0 Å². The molecule has 1 heterocycles. The van der Waals surface area contributed by atoms with Gasteiger partial charge in [-0.2, -0.15) is 5.10 Å². The molecule has 0 N–H and O–H groups in total. The summed E-state index contributed by atoms with van der Waals surface area (Å²) in [4.78, 5) is 26.6. The average molecular weight is 491 g/mol. The summed E-state index contributed by atoms with van der Waals surface area (Å²) in [5, 5.41) is 7.44. The van der Waals surface area contributed by atoms with Gasteiger partial charge in [-0.15, -0.1) is 0 Å². The lowest BCUT2D eigenvalue weighted by Crippen LogP contribution is -2.41. The number of carbonyl (C=O) groups is 2. The first-order valence-corrected chi connectivity index (χ1v) is 12.0. The highest BCUT2D eigenvalue weighted by molar-refractivity contribution is 6.30. The van der Waals surface area contributed by atoms with Crippen LogP contribution in [0.1, 0.15) is 31.0 Å². The van der Waals surface area contributed by atoms with Gasteiger partial charge < -0.3 is 9.47 Å². The van der Waals surface area contributed by atoms with Crippen LogP contribution in [0, 0.1) is 11.8 Å². The maximum Gasteiger partial charge on any atom is 0.321 e. The third-order valence-corrected chi connectivity index (χ3v) is 6.13. The highest BCUT2D eigenvalue weighted by Gasteiger charge is 2.51. The van der Waals surface area contributed by atoms with Crippen LogP contribution in [0.15, 0.2) is 90.0 Å². The molecule has 1 aliphatic heterocycles. The van der Waals surface area contributed by atoms with E-state index < -0.39 is 29.8 Å². The van der Waals surface area contributed by atoms with E-state index in [4.69, 9.17) is 26.2 Å². The third-order valence-electron chi connectivity index (χ3n) is 5.88. The third kappa shape index (κ3) is 5.23. The number of anilines is 1. The van der Waals surface area contributed by atoms with Gasteiger partial charge in [0.05, 0.1) is 36.6 Å². The molecule has 0 fully saturated rings. The predicted molar refractivity (Wildman–Crippen MR) is 136 cm³/mol. The Morgan fingerprint density at radius 1 is 0.857 bits per heavy atom. The van der Waals surface area contributed by atoms with E-state index in [0.717, 1.165) is 16.8 Å². The van der Waals surface area contributed by atoms with Gasteiger partial charge in [0.25, 0.3) is 0 Å². The first kappa shape index (κ1) is 24.5. The summed E-state index contributed by atoms with van der Waals surface area (Å²) < 4.78 is 10.8. The monoisotopic (exact) mass is 490 g/mol. The second-order valence-corrected chi connectivity index (χ2v) is 8.47. The standard InChI is InChI=1S/C28H27ClN2O4/c1-3-34-27(32)24(28(33)35-4-2)23-25(19-15-17-21(29)18-16-19)30-31(22-13-9-6-10-14-22)26(23)20-11-7-5-8-12-20/h5-18,23-24,26H,3-4H2,1-2H3/t23-,26+/m0/s1. The summed E-state index contributed by atoms with van der Waals surface area (Å²) in [7, 11) is 0. The van der Waals surface area contributed by atoms with Gasteiger partial charge in [-0.1, -0.05) is 72.3 Å². The summed E-state index contributed by atoms with van der Waals surface area (Å²) in [6.45, 7) is 3.72. The van der Waals surface area contributed by atoms with E-state index in [9.17, 15) is 9.59 Å². The molecule has 0 saturated carbocycles. The van der Waals surface area contributed by atoms with Crippen LogP contribution >= 0.6 is 11.6 Å². The van der Waals surface area contributed by atoms with E-state index in [2.05, 4.69) is 0 Å². The van der Waals surface area contributed by atoms with Crippen LogP contribution in [0.3, 0.4) is 0 Å². The minimum Gasteiger partial charge on any atom is -0.465 e. The van der Waals surface area contributed by atoms with Gasteiger partial charge in [0.15, 0.2) is 5.92 Å². The zero-order valence-corrected chi connectivity index (χ0v) is 20.4. The Labute approximate surface area is 210 Å². The van der Waals surface area contributed by atoms with Gasteiger partial charge in [0.1, 0.15) is 0 Å². The molecule has 0 aromatic heterocycles. The van der Waals surface area contributed by atoms with Crippen molar-refractivity contribution in [3.63, 3.8) is 0 Å². The Morgan fingerprint density at radius 3 is 1.94 bits per heavy atom. The van der Waals surface area contributed by atoms with E-state index in [1.54, 1.807) is 26.0 Å². The average Bonchev–Trinajstić information content (AvgIpc) is 3.26. The minimum atomic E-state index is -1.21. The zero-order chi connectivity index (χ0) is 24.8. The summed E-state index contributed by atoms with van der Waals surface area (Å²) in [6.07, 6.45) is 0. The summed E-state index contributed by atoms with van der Waals surface area (Å²) in [5.41, 5.74) is 3.09. The van der Waals surface area contributed by atoms with Crippen LogP contribution in [0.25, 0.3) is 0 Å². The second-order valence-electron chi connectivity index (χ2n) is 8.04. The lowest BCUT2D eigenvalue weighted by atomic mass is 9.77. The number of nitrogens with zero attached hydrogens (tertiary/aromatic N) is 2. The number of hydrogen-bond donors (Lipinski definition) is 0. The number of ether oxygens (including phenoxy) is 2. The molecule has 0 aliphatic carbocycles. The molecule has 35 heavy (non-hydrogen) atoms. The number of rotatable bonds is 8. The summed E-state index contributed by atoms with van der Waals surface area (Å²) >= 11 is 6.15. The van der Waals surface area contributed by atoms with E-state index in [-0.39, 0.29) is 13.2 Å². The maximum atomic E-state index is 13.3. The molecular weight excluding hydrogens is 464 g/mol. The van der Waals surface area contributed by atoms with Crippen molar-refractivity contribution >= 4 is 34.9 Å². The molecule has 3 aromatic carbocycles. The molecule has 7 heteroatoms. The molecule has 0 bridgehead atoms. The summed E-state index contributed by atoms with van der Waals surface area (Å²) in [5.74, 6) is -3.14. The number of hydrazone groups is 1. The van der Waals surface area contributed by atoms with Gasteiger partial charge in [0.2, 0.25) is 0 Å². The Morgan fingerprint density at radius 2 is 1.40 bits per heavy atom. The van der Waals surface area contributed by atoms with Gasteiger partial charge in [-0.05, 0) is 49.2 Å². The lowest BCUT2D eigenvalue weighted by Gasteiger charge is -2.31. The number of esters is 2. The quantitative estimate of drug-likeness (QED) is 0.301. The molecule has 6 nitrogen and oxygen atoms in total. The van der Waals surface area contributed by atoms with E-state index in [1.807, 2.05) is 77.8 Å². The van der Waals surface area contributed by atoms with E-state index in [0.29, 0.717) is 10.7 Å². The van der Waals surface area contributed by atoms with Gasteiger partial charge in [0, 0.05) is 5.02 Å². The first-order chi connectivity index (χ1) is 17.0. The molecule has 0 unspecified atom stereocenters.